The Morgan fingerprint density at radius 2 is 1.64 bits per heavy atom. The first-order valence-electron chi connectivity index (χ1n) is 7.01. The fourth-order valence-corrected chi connectivity index (χ4v) is 2.83. The van der Waals surface area contributed by atoms with Gasteiger partial charge in [-0.2, -0.15) is 0 Å². The number of benzene rings is 2. The van der Waals surface area contributed by atoms with Gasteiger partial charge in [0.05, 0.1) is 11.3 Å². The van der Waals surface area contributed by atoms with Crippen LogP contribution in [0.4, 0.5) is 5.69 Å². The van der Waals surface area contributed by atoms with Gasteiger partial charge in [-0.1, -0.05) is 36.4 Å². The van der Waals surface area contributed by atoms with Gasteiger partial charge in [0.2, 0.25) is 0 Å². The summed E-state index contributed by atoms with van der Waals surface area (Å²) >= 11 is 0. The number of fused-ring (bicyclic) bond motifs is 2. The molecule has 2 heterocycles. The van der Waals surface area contributed by atoms with Crippen LogP contribution >= 0.6 is 0 Å². The summed E-state index contributed by atoms with van der Waals surface area (Å²) in [6.45, 7) is 1.80. The number of carbonyl (C=O) groups excluding carboxylic acids is 2. The molecule has 0 aliphatic carbocycles. The molecule has 0 N–H and O–H groups in total. The molecule has 2 aromatic carbocycles. The zero-order valence-electron chi connectivity index (χ0n) is 11.9. The first kappa shape index (κ1) is 12.7. The summed E-state index contributed by atoms with van der Waals surface area (Å²) in [6.07, 6.45) is 0. The first-order chi connectivity index (χ1) is 10.7. The molecular weight excluding hydrogens is 276 g/mol. The van der Waals surface area contributed by atoms with Crippen LogP contribution in [0.3, 0.4) is 0 Å². The second-order valence-corrected chi connectivity index (χ2v) is 5.29. The molecule has 1 aromatic heterocycles. The number of anilines is 1. The molecule has 22 heavy (non-hydrogen) atoms. The fraction of sp³-hybridized carbons (Fsp3) is 0.0556. The van der Waals surface area contributed by atoms with Crippen LogP contribution in [0.2, 0.25) is 0 Å². The largest absolute Gasteiger partial charge is 0.284 e. The van der Waals surface area contributed by atoms with E-state index in [2.05, 4.69) is 4.98 Å². The number of aryl methyl sites for hydroxylation is 1. The van der Waals surface area contributed by atoms with E-state index in [4.69, 9.17) is 0 Å². The topological polar surface area (TPSA) is 50.3 Å². The van der Waals surface area contributed by atoms with Crippen molar-refractivity contribution in [2.75, 3.05) is 4.90 Å². The Bertz CT molecular complexity index is 941. The zero-order chi connectivity index (χ0) is 15.3. The number of nitrogens with zero attached hydrogens (tertiary/aromatic N) is 2. The van der Waals surface area contributed by atoms with Crippen LogP contribution in [0.25, 0.3) is 10.8 Å². The van der Waals surface area contributed by atoms with Gasteiger partial charge in [-0.3, -0.25) is 9.59 Å². The van der Waals surface area contributed by atoms with Crippen LogP contribution in [0.1, 0.15) is 26.5 Å². The predicted molar refractivity (Wildman–Crippen MR) is 84.1 cm³/mol. The summed E-state index contributed by atoms with van der Waals surface area (Å²) in [5.74, 6) is -0.677. The van der Waals surface area contributed by atoms with E-state index >= 15 is 0 Å². The highest BCUT2D eigenvalue weighted by molar-refractivity contribution is 6.35. The van der Waals surface area contributed by atoms with E-state index in [0.29, 0.717) is 11.3 Å². The highest BCUT2D eigenvalue weighted by Crippen LogP contribution is 2.32. The van der Waals surface area contributed by atoms with Crippen molar-refractivity contribution in [3.05, 3.63) is 71.5 Å². The van der Waals surface area contributed by atoms with E-state index in [0.717, 1.165) is 16.5 Å². The van der Waals surface area contributed by atoms with Crippen molar-refractivity contribution < 1.29 is 9.59 Å². The van der Waals surface area contributed by atoms with Crippen molar-refractivity contribution >= 4 is 28.3 Å². The molecular formula is C18H12N2O2. The van der Waals surface area contributed by atoms with E-state index in [9.17, 15) is 9.59 Å². The molecule has 2 amide bonds. The number of hydrogen-bond donors (Lipinski definition) is 0. The van der Waals surface area contributed by atoms with Gasteiger partial charge in [-0.15, -0.1) is 0 Å². The van der Waals surface area contributed by atoms with E-state index in [1.165, 1.54) is 4.90 Å². The first-order valence-corrected chi connectivity index (χ1v) is 7.01. The minimum Gasteiger partial charge on any atom is -0.268 e. The zero-order valence-corrected chi connectivity index (χ0v) is 11.9. The van der Waals surface area contributed by atoms with E-state index in [1.807, 2.05) is 36.4 Å². The summed E-state index contributed by atoms with van der Waals surface area (Å²) in [6, 6.07) is 16.7. The van der Waals surface area contributed by atoms with Gasteiger partial charge in [0, 0.05) is 11.1 Å². The SMILES string of the molecule is Cc1ccc2c(n1)C(=O)N(c1cccc3ccccc13)C2=O. The average Bonchev–Trinajstić information content (AvgIpc) is 2.78. The lowest BCUT2D eigenvalue weighted by molar-refractivity contribution is 0.0925. The molecule has 0 spiro atoms. The Labute approximate surface area is 127 Å². The Kier molecular flexibility index (Phi) is 2.60. The number of pyridine rings is 1. The molecule has 0 fully saturated rings. The summed E-state index contributed by atoms with van der Waals surface area (Å²) in [5, 5.41) is 1.86. The molecule has 0 radical (unpaired) electrons. The maximum absolute atomic E-state index is 12.6. The van der Waals surface area contributed by atoms with Crippen molar-refractivity contribution in [2.45, 2.75) is 6.92 Å². The van der Waals surface area contributed by atoms with E-state index in [1.54, 1.807) is 25.1 Å². The second-order valence-electron chi connectivity index (χ2n) is 5.29. The van der Waals surface area contributed by atoms with Gasteiger partial charge in [-0.05, 0) is 30.5 Å². The molecule has 4 heteroatoms. The normalized spacial score (nSPS) is 13.8. The Hall–Kier alpha value is -3.01. The van der Waals surface area contributed by atoms with Crippen molar-refractivity contribution in [3.8, 4) is 0 Å². The molecule has 3 aromatic rings. The van der Waals surface area contributed by atoms with Crippen molar-refractivity contribution in [3.63, 3.8) is 0 Å². The van der Waals surface area contributed by atoms with Crippen LogP contribution in [-0.2, 0) is 0 Å². The van der Waals surface area contributed by atoms with Gasteiger partial charge in [-0.25, -0.2) is 9.88 Å². The minimum absolute atomic E-state index is 0.234. The third-order valence-electron chi connectivity index (χ3n) is 3.88. The number of amides is 2. The number of rotatable bonds is 1. The van der Waals surface area contributed by atoms with Crippen molar-refractivity contribution in [1.29, 1.82) is 0 Å². The Morgan fingerprint density at radius 3 is 2.50 bits per heavy atom. The molecule has 0 atom stereocenters. The number of aromatic nitrogens is 1. The molecule has 106 valence electrons. The standard InChI is InChI=1S/C18H12N2O2/c1-11-9-10-14-16(19-11)18(22)20(17(14)21)15-8-4-6-12-5-2-3-7-13(12)15/h2-10H,1H3. The summed E-state index contributed by atoms with van der Waals surface area (Å²) in [5.41, 5.74) is 1.92. The fourth-order valence-electron chi connectivity index (χ4n) is 2.83. The van der Waals surface area contributed by atoms with E-state index in [-0.39, 0.29) is 17.5 Å². The third-order valence-corrected chi connectivity index (χ3v) is 3.88. The van der Waals surface area contributed by atoms with Gasteiger partial charge in [0.1, 0.15) is 5.69 Å². The highest BCUT2D eigenvalue weighted by Gasteiger charge is 2.38. The molecule has 0 saturated heterocycles. The maximum Gasteiger partial charge on any atom is 0.284 e. The van der Waals surface area contributed by atoms with Gasteiger partial charge in [0.25, 0.3) is 11.8 Å². The molecule has 4 rings (SSSR count). The van der Waals surface area contributed by atoms with Crippen molar-refractivity contribution in [2.24, 2.45) is 0 Å². The van der Waals surface area contributed by atoms with E-state index < -0.39 is 0 Å². The van der Waals surface area contributed by atoms with Crippen molar-refractivity contribution in [1.82, 2.24) is 4.98 Å². The van der Waals surface area contributed by atoms with Crippen LogP contribution in [0, 0.1) is 6.92 Å². The lowest BCUT2D eigenvalue weighted by Gasteiger charge is -2.16. The average molecular weight is 288 g/mol. The number of hydrogen-bond acceptors (Lipinski definition) is 3. The molecule has 1 aliphatic rings. The molecule has 1 aliphatic heterocycles. The number of imide groups is 1. The Morgan fingerprint density at radius 1 is 0.864 bits per heavy atom. The van der Waals surface area contributed by atoms with Gasteiger partial charge < -0.3 is 0 Å². The summed E-state index contributed by atoms with van der Waals surface area (Å²) < 4.78 is 0. The van der Waals surface area contributed by atoms with Crippen LogP contribution < -0.4 is 4.90 Å². The monoisotopic (exact) mass is 288 g/mol. The summed E-state index contributed by atoms with van der Waals surface area (Å²) in [7, 11) is 0. The molecule has 4 nitrogen and oxygen atoms in total. The maximum atomic E-state index is 12.6. The quantitative estimate of drug-likeness (QED) is 0.645. The van der Waals surface area contributed by atoms with Gasteiger partial charge >= 0.3 is 0 Å². The van der Waals surface area contributed by atoms with Crippen LogP contribution in [0.5, 0.6) is 0 Å². The number of carbonyl (C=O) groups is 2. The summed E-state index contributed by atoms with van der Waals surface area (Å²) in [4.78, 5) is 30.7. The molecule has 0 unspecified atom stereocenters. The van der Waals surface area contributed by atoms with Crippen LogP contribution in [0.15, 0.2) is 54.6 Å². The predicted octanol–water partition coefficient (Wildman–Crippen LogP) is 3.34. The lowest BCUT2D eigenvalue weighted by Crippen LogP contribution is -2.29. The molecule has 0 bridgehead atoms. The smallest absolute Gasteiger partial charge is 0.268 e. The lowest BCUT2D eigenvalue weighted by atomic mass is 10.1. The van der Waals surface area contributed by atoms with Crippen LogP contribution in [-0.4, -0.2) is 16.8 Å². The third kappa shape index (κ3) is 1.67. The minimum atomic E-state index is -0.361. The highest BCUT2D eigenvalue weighted by atomic mass is 16.2. The Balaban J connectivity index is 1.94. The van der Waals surface area contributed by atoms with Gasteiger partial charge in [0.15, 0.2) is 0 Å². The molecule has 0 saturated carbocycles. The second kappa shape index (κ2) is 4.49.